The van der Waals surface area contributed by atoms with E-state index in [4.69, 9.17) is 11.6 Å². The highest BCUT2D eigenvalue weighted by Gasteiger charge is 2.10. The number of carbonyl (C=O) groups excluding carboxylic acids is 1. The van der Waals surface area contributed by atoms with Crippen LogP contribution in [0.25, 0.3) is 22.2 Å². The lowest BCUT2D eigenvalue weighted by atomic mass is 10.1. The minimum absolute atomic E-state index is 0.364. The summed E-state index contributed by atoms with van der Waals surface area (Å²) in [6, 6.07) is 8.05. The average Bonchev–Trinajstić information content (AvgIpc) is 3.12. The van der Waals surface area contributed by atoms with Crippen LogP contribution in [0.3, 0.4) is 0 Å². The lowest BCUT2D eigenvalue weighted by Crippen LogP contribution is -1.94. The van der Waals surface area contributed by atoms with Gasteiger partial charge in [0.25, 0.3) is 0 Å². The highest BCUT2D eigenvalue weighted by molar-refractivity contribution is 6.34. The topological polar surface area (TPSA) is 58.6 Å². The van der Waals surface area contributed by atoms with Crippen LogP contribution in [-0.4, -0.2) is 20.7 Å². The molecule has 142 valence electrons. The molecule has 0 amide bonds. The fourth-order valence-corrected chi connectivity index (χ4v) is 3.48. The molecule has 0 saturated carbocycles. The minimum atomic E-state index is 0.364. The summed E-state index contributed by atoms with van der Waals surface area (Å²) >= 11 is 6.48. The molecule has 2 heterocycles. The number of benzene rings is 1. The second-order valence-corrected chi connectivity index (χ2v) is 7.43. The van der Waals surface area contributed by atoms with Crippen molar-refractivity contribution in [1.82, 2.24) is 15.0 Å². The quantitative estimate of drug-likeness (QED) is 0.457. The van der Waals surface area contributed by atoms with E-state index in [9.17, 15) is 4.79 Å². The number of ketones is 1. The van der Waals surface area contributed by atoms with Gasteiger partial charge >= 0.3 is 0 Å². The Morgan fingerprint density at radius 2 is 1.96 bits per heavy atom. The van der Waals surface area contributed by atoms with Crippen molar-refractivity contribution >= 4 is 28.3 Å². The van der Waals surface area contributed by atoms with Crippen molar-refractivity contribution in [3.8, 4) is 11.3 Å². The zero-order valence-corrected chi connectivity index (χ0v) is 16.8. The maximum Gasteiger partial charge on any atom is 0.132 e. The molecular formula is C22H26ClN3O. The largest absolute Gasteiger partial charge is 0.342 e. The number of Topliss-reactive ketones (excluding diaryl/α,β-unsaturated/α-hetero) is 1. The van der Waals surface area contributed by atoms with Crippen molar-refractivity contribution in [2.24, 2.45) is 0 Å². The van der Waals surface area contributed by atoms with Crippen molar-refractivity contribution in [2.75, 3.05) is 0 Å². The molecule has 0 saturated heterocycles. The van der Waals surface area contributed by atoms with Gasteiger partial charge in [-0.3, -0.25) is 9.78 Å². The molecule has 4 nitrogen and oxygen atoms in total. The molecule has 0 aliphatic heterocycles. The summed E-state index contributed by atoms with van der Waals surface area (Å²) in [7, 11) is 0. The number of pyridine rings is 1. The van der Waals surface area contributed by atoms with Crippen molar-refractivity contribution in [3.63, 3.8) is 0 Å². The third-order valence-corrected chi connectivity index (χ3v) is 5.16. The van der Waals surface area contributed by atoms with Crippen molar-refractivity contribution in [2.45, 2.75) is 58.8 Å². The van der Waals surface area contributed by atoms with Crippen LogP contribution in [0.4, 0.5) is 0 Å². The molecule has 0 aliphatic carbocycles. The minimum Gasteiger partial charge on any atom is -0.342 e. The highest BCUT2D eigenvalue weighted by Crippen LogP contribution is 2.31. The van der Waals surface area contributed by atoms with E-state index < -0.39 is 0 Å². The third-order valence-electron chi connectivity index (χ3n) is 4.85. The first-order valence-corrected chi connectivity index (χ1v) is 10.1. The van der Waals surface area contributed by atoms with Crippen molar-refractivity contribution in [3.05, 3.63) is 47.0 Å². The van der Waals surface area contributed by atoms with Crippen molar-refractivity contribution < 1.29 is 4.79 Å². The van der Waals surface area contributed by atoms with Crippen LogP contribution in [0.15, 0.2) is 30.5 Å². The number of hydrogen-bond acceptors (Lipinski definition) is 3. The van der Waals surface area contributed by atoms with Gasteiger partial charge in [0.05, 0.1) is 22.4 Å². The van der Waals surface area contributed by atoms with Gasteiger partial charge in [0.2, 0.25) is 0 Å². The molecule has 27 heavy (non-hydrogen) atoms. The average molecular weight is 384 g/mol. The van der Waals surface area contributed by atoms with Crippen LogP contribution >= 0.6 is 11.6 Å². The molecule has 1 aromatic carbocycles. The molecule has 2 aromatic heterocycles. The van der Waals surface area contributed by atoms with Gasteiger partial charge in [-0.05, 0) is 38.0 Å². The Balaban J connectivity index is 1.59. The molecular weight excluding hydrogens is 358 g/mol. The highest BCUT2D eigenvalue weighted by atomic mass is 35.5. The number of aryl methyl sites for hydroxylation is 2. The van der Waals surface area contributed by atoms with E-state index in [1.165, 1.54) is 0 Å². The first-order valence-electron chi connectivity index (χ1n) is 9.69. The number of rotatable bonds is 9. The second-order valence-electron chi connectivity index (χ2n) is 7.03. The Kier molecular flexibility index (Phi) is 6.62. The molecule has 1 N–H and O–H groups in total. The van der Waals surface area contributed by atoms with Crippen LogP contribution in [-0.2, 0) is 11.2 Å². The van der Waals surface area contributed by atoms with E-state index in [0.29, 0.717) is 17.2 Å². The maximum atomic E-state index is 11.3. The number of nitrogens with zero attached hydrogens (tertiary/aromatic N) is 2. The van der Waals surface area contributed by atoms with E-state index in [-0.39, 0.29) is 0 Å². The Morgan fingerprint density at radius 3 is 2.78 bits per heavy atom. The molecule has 0 fully saturated rings. The number of H-pyrrole nitrogens is 1. The van der Waals surface area contributed by atoms with Gasteiger partial charge < -0.3 is 4.98 Å². The predicted molar refractivity (Wildman–Crippen MR) is 111 cm³/mol. The molecule has 0 radical (unpaired) electrons. The normalized spacial score (nSPS) is 11.2. The van der Waals surface area contributed by atoms with Crippen LogP contribution in [0.1, 0.15) is 57.0 Å². The number of aromatic nitrogens is 3. The molecule has 0 aliphatic rings. The van der Waals surface area contributed by atoms with Crippen molar-refractivity contribution in [1.29, 1.82) is 0 Å². The molecule has 3 rings (SSSR count). The van der Waals surface area contributed by atoms with E-state index in [0.717, 1.165) is 72.2 Å². The molecule has 3 aromatic rings. The van der Waals surface area contributed by atoms with Crippen LogP contribution < -0.4 is 0 Å². The van der Waals surface area contributed by atoms with Gasteiger partial charge in [-0.25, -0.2) is 4.98 Å². The zero-order valence-electron chi connectivity index (χ0n) is 16.0. The SMILES string of the molecule is CCC(=O)CCCCCCc1ncc(-c2cc3ccc(C)nc3cc2Cl)[nH]1. The number of fused-ring (bicyclic) bond motifs is 1. The zero-order chi connectivity index (χ0) is 19.2. The Morgan fingerprint density at radius 1 is 1.15 bits per heavy atom. The lowest BCUT2D eigenvalue weighted by molar-refractivity contribution is -0.118. The van der Waals surface area contributed by atoms with Crippen LogP contribution in [0.5, 0.6) is 0 Å². The summed E-state index contributed by atoms with van der Waals surface area (Å²) in [4.78, 5) is 23.7. The molecule has 0 unspecified atom stereocenters. The molecule has 0 atom stereocenters. The first-order chi connectivity index (χ1) is 13.1. The summed E-state index contributed by atoms with van der Waals surface area (Å²) in [5.74, 6) is 1.34. The smallest absolute Gasteiger partial charge is 0.132 e. The fraction of sp³-hybridized carbons (Fsp3) is 0.409. The summed E-state index contributed by atoms with van der Waals surface area (Å²) in [5, 5.41) is 1.74. The summed E-state index contributed by atoms with van der Waals surface area (Å²) in [6.45, 7) is 3.90. The summed E-state index contributed by atoms with van der Waals surface area (Å²) in [5.41, 5.74) is 3.77. The third kappa shape index (κ3) is 5.16. The van der Waals surface area contributed by atoms with E-state index >= 15 is 0 Å². The maximum absolute atomic E-state index is 11.3. The summed E-state index contributed by atoms with van der Waals surface area (Å²) in [6.07, 6.45) is 8.42. The molecule has 0 bridgehead atoms. The van der Waals surface area contributed by atoms with Gasteiger partial charge in [-0.1, -0.05) is 37.4 Å². The Labute approximate surface area is 165 Å². The summed E-state index contributed by atoms with van der Waals surface area (Å²) < 4.78 is 0. The van der Waals surface area contributed by atoms with E-state index in [1.807, 2.05) is 32.2 Å². The Bertz CT molecular complexity index is 932. The number of nitrogens with one attached hydrogen (secondary N) is 1. The molecule has 5 heteroatoms. The van der Waals surface area contributed by atoms with Crippen LogP contribution in [0, 0.1) is 6.92 Å². The lowest BCUT2D eigenvalue weighted by Gasteiger charge is -2.05. The van der Waals surface area contributed by atoms with Crippen LogP contribution in [0.2, 0.25) is 5.02 Å². The number of carbonyl (C=O) groups is 1. The van der Waals surface area contributed by atoms with Gasteiger partial charge in [0.15, 0.2) is 0 Å². The monoisotopic (exact) mass is 383 g/mol. The first kappa shape index (κ1) is 19.6. The molecule has 0 spiro atoms. The standard InChI is InChI=1S/C22H26ClN3O/c1-3-17(27)8-6-4-5-7-9-22-24-14-21(26-22)18-12-16-11-10-15(2)25-20(16)13-19(18)23/h10-14H,3-9H2,1-2H3,(H,24,26). The second kappa shape index (κ2) is 9.14. The Hall–Kier alpha value is -2.20. The number of hydrogen-bond donors (Lipinski definition) is 1. The number of aromatic amines is 1. The van der Waals surface area contributed by atoms with E-state index in [1.54, 1.807) is 0 Å². The van der Waals surface area contributed by atoms with E-state index in [2.05, 4.69) is 27.1 Å². The number of halogens is 1. The van der Waals surface area contributed by atoms with Gasteiger partial charge in [-0.2, -0.15) is 0 Å². The fourth-order valence-electron chi connectivity index (χ4n) is 3.23. The van der Waals surface area contributed by atoms with Gasteiger partial charge in [0, 0.05) is 35.9 Å². The van der Waals surface area contributed by atoms with Gasteiger partial charge in [0.1, 0.15) is 11.6 Å². The number of unbranched alkanes of at least 4 members (excludes halogenated alkanes) is 3. The van der Waals surface area contributed by atoms with Gasteiger partial charge in [-0.15, -0.1) is 0 Å². The number of imidazole rings is 1. The predicted octanol–water partition coefficient (Wildman–Crippen LogP) is 6.06.